The summed E-state index contributed by atoms with van der Waals surface area (Å²) >= 11 is 0. The van der Waals surface area contributed by atoms with Gasteiger partial charge >= 0.3 is 12.1 Å². The molecule has 1 heterocycles. The smallest absolute Gasteiger partial charge is 0.407 e. The summed E-state index contributed by atoms with van der Waals surface area (Å²) in [5.74, 6) is -1.99. The van der Waals surface area contributed by atoms with Crippen molar-refractivity contribution in [1.29, 1.82) is 0 Å². The number of nitrogens with zero attached hydrogens (tertiary/aromatic N) is 1. The Balaban J connectivity index is 1.43. The summed E-state index contributed by atoms with van der Waals surface area (Å²) < 4.78 is 10.5. The van der Waals surface area contributed by atoms with E-state index in [0.717, 1.165) is 27.2 Å². The molecule has 4 rings (SSSR count). The zero-order valence-electron chi connectivity index (χ0n) is 18.1. The zero-order chi connectivity index (χ0) is 23.5. The number of rotatable bonds is 7. The molecule has 2 aromatic rings. The molecule has 174 valence electrons. The monoisotopic (exact) mass is 454 g/mol. The van der Waals surface area contributed by atoms with Crippen molar-refractivity contribution in [1.82, 2.24) is 10.2 Å². The predicted molar refractivity (Wildman–Crippen MR) is 118 cm³/mol. The molecule has 9 heteroatoms. The first kappa shape index (κ1) is 22.8. The lowest BCUT2D eigenvalue weighted by Gasteiger charge is -2.26. The lowest BCUT2D eigenvalue weighted by molar-refractivity contribution is -0.149. The Kier molecular flexibility index (Phi) is 6.62. The molecule has 3 atom stereocenters. The fraction of sp³-hybridized carbons (Fsp3) is 0.375. The summed E-state index contributed by atoms with van der Waals surface area (Å²) in [4.78, 5) is 38.0. The third-order valence-electron chi connectivity index (χ3n) is 6.11. The number of hydrogen-bond donors (Lipinski definition) is 3. The number of alkyl carbamates (subject to hydrolysis) is 1. The number of aliphatic hydroxyl groups excluding tert-OH is 1. The van der Waals surface area contributed by atoms with Crippen LogP contribution in [0.1, 0.15) is 23.5 Å². The van der Waals surface area contributed by atoms with Crippen molar-refractivity contribution < 1.29 is 34.1 Å². The van der Waals surface area contributed by atoms with E-state index in [1.54, 1.807) is 0 Å². The maximum Gasteiger partial charge on any atom is 0.407 e. The summed E-state index contributed by atoms with van der Waals surface area (Å²) in [5.41, 5.74) is 4.32. The molecular weight excluding hydrogens is 428 g/mol. The van der Waals surface area contributed by atoms with Crippen molar-refractivity contribution in [2.45, 2.75) is 30.5 Å². The molecule has 2 aliphatic rings. The normalized spacial score (nSPS) is 20.1. The van der Waals surface area contributed by atoms with E-state index in [1.165, 1.54) is 7.11 Å². The van der Waals surface area contributed by atoms with Crippen LogP contribution in [0, 0.1) is 0 Å². The summed E-state index contributed by atoms with van der Waals surface area (Å²) in [6, 6.07) is 13.6. The molecule has 2 amide bonds. The van der Waals surface area contributed by atoms with Crippen LogP contribution in [0.15, 0.2) is 48.5 Å². The van der Waals surface area contributed by atoms with E-state index >= 15 is 0 Å². The van der Waals surface area contributed by atoms with Gasteiger partial charge in [-0.25, -0.2) is 9.59 Å². The van der Waals surface area contributed by atoms with Gasteiger partial charge in [-0.05, 0) is 22.3 Å². The number of carbonyl (C=O) groups is 3. The summed E-state index contributed by atoms with van der Waals surface area (Å²) in [6.07, 6.45) is -1.81. The van der Waals surface area contributed by atoms with Gasteiger partial charge in [-0.15, -0.1) is 0 Å². The van der Waals surface area contributed by atoms with Crippen LogP contribution in [0.2, 0.25) is 0 Å². The summed E-state index contributed by atoms with van der Waals surface area (Å²) in [7, 11) is 1.37. The minimum atomic E-state index is -1.21. The van der Waals surface area contributed by atoms with Gasteiger partial charge in [-0.1, -0.05) is 48.5 Å². The fourth-order valence-corrected chi connectivity index (χ4v) is 4.62. The van der Waals surface area contributed by atoms with E-state index in [9.17, 15) is 24.6 Å². The van der Waals surface area contributed by atoms with Crippen molar-refractivity contribution in [3.05, 3.63) is 59.7 Å². The SMILES string of the molecule is COCC(NC(=O)OCC1c2ccccc2-c2ccccc21)C(=O)N1C[C@@H](O)C[C@H]1C(=O)O. The zero-order valence-corrected chi connectivity index (χ0v) is 18.1. The maximum atomic E-state index is 12.9. The second-order valence-corrected chi connectivity index (χ2v) is 8.21. The predicted octanol–water partition coefficient (Wildman–Crippen LogP) is 1.59. The van der Waals surface area contributed by atoms with Crippen LogP contribution in [0.25, 0.3) is 11.1 Å². The Hall–Kier alpha value is -3.43. The molecule has 0 bridgehead atoms. The largest absolute Gasteiger partial charge is 0.480 e. The standard InChI is InChI=1S/C24H26N2O7/c1-32-13-20(22(28)26-11-14(27)10-21(26)23(29)30)25-24(31)33-12-19-17-8-4-2-6-15(17)16-7-3-5-9-18(16)19/h2-9,14,19-21,27H,10-13H2,1H3,(H,25,31)(H,29,30)/t14-,20?,21-/m0/s1. The van der Waals surface area contributed by atoms with Gasteiger partial charge in [0.2, 0.25) is 5.91 Å². The van der Waals surface area contributed by atoms with Crippen molar-refractivity contribution in [3.8, 4) is 11.1 Å². The molecule has 1 aliphatic carbocycles. The number of aliphatic hydroxyl groups is 1. The third kappa shape index (κ3) is 4.55. The van der Waals surface area contributed by atoms with Gasteiger partial charge in [-0.3, -0.25) is 4.79 Å². The number of likely N-dealkylation sites (tertiary alicyclic amines) is 1. The molecule has 1 fully saturated rings. The minimum absolute atomic E-state index is 0.0638. The number of carbonyl (C=O) groups excluding carboxylic acids is 2. The quantitative estimate of drug-likeness (QED) is 0.580. The lowest BCUT2D eigenvalue weighted by atomic mass is 9.98. The number of carboxylic acids is 1. The molecule has 0 spiro atoms. The summed E-state index contributed by atoms with van der Waals surface area (Å²) in [6.45, 7) is -0.210. The molecule has 2 aromatic carbocycles. The number of benzene rings is 2. The van der Waals surface area contributed by atoms with E-state index in [4.69, 9.17) is 9.47 Å². The van der Waals surface area contributed by atoms with E-state index in [1.807, 2.05) is 48.5 Å². The average Bonchev–Trinajstić information content (AvgIpc) is 3.35. The van der Waals surface area contributed by atoms with Crippen LogP contribution in [0.5, 0.6) is 0 Å². The van der Waals surface area contributed by atoms with Crippen LogP contribution in [0.3, 0.4) is 0 Å². The molecule has 3 N–H and O–H groups in total. The molecule has 1 aliphatic heterocycles. The Labute approximate surface area is 190 Å². The molecule has 0 aromatic heterocycles. The number of ether oxygens (including phenoxy) is 2. The van der Waals surface area contributed by atoms with Crippen molar-refractivity contribution in [3.63, 3.8) is 0 Å². The topological polar surface area (TPSA) is 125 Å². The minimum Gasteiger partial charge on any atom is -0.480 e. The number of hydrogen-bond acceptors (Lipinski definition) is 6. The number of fused-ring (bicyclic) bond motifs is 3. The highest BCUT2D eigenvalue weighted by molar-refractivity contribution is 5.90. The second-order valence-electron chi connectivity index (χ2n) is 8.21. The van der Waals surface area contributed by atoms with E-state index in [2.05, 4.69) is 5.32 Å². The Morgan fingerprint density at radius 3 is 2.27 bits per heavy atom. The first-order valence-corrected chi connectivity index (χ1v) is 10.7. The number of carboxylic acid groups (broad SMARTS) is 1. The van der Waals surface area contributed by atoms with Gasteiger partial charge in [-0.2, -0.15) is 0 Å². The van der Waals surface area contributed by atoms with Crippen LogP contribution >= 0.6 is 0 Å². The Morgan fingerprint density at radius 2 is 1.70 bits per heavy atom. The van der Waals surface area contributed by atoms with E-state index in [0.29, 0.717) is 0 Å². The van der Waals surface area contributed by atoms with Gasteiger partial charge in [0.1, 0.15) is 18.7 Å². The fourth-order valence-electron chi connectivity index (χ4n) is 4.62. The van der Waals surface area contributed by atoms with E-state index < -0.39 is 36.2 Å². The number of aliphatic carboxylic acids is 1. The maximum absolute atomic E-state index is 12.9. The summed E-state index contributed by atoms with van der Waals surface area (Å²) in [5, 5.41) is 21.7. The highest BCUT2D eigenvalue weighted by Crippen LogP contribution is 2.44. The number of β-amino-alcohol motifs (C(OH)–C–C–N with tert-alkyl or cyclic N) is 1. The average molecular weight is 454 g/mol. The van der Waals surface area contributed by atoms with Crippen molar-refractivity contribution in [2.75, 3.05) is 26.9 Å². The molecule has 0 saturated carbocycles. The van der Waals surface area contributed by atoms with Crippen LogP contribution in [-0.4, -0.2) is 78.1 Å². The van der Waals surface area contributed by atoms with Gasteiger partial charge in [0.05, 0.1) is 12.7 Å². The van der Waals surface area contributed by atoms with Gasteiger partial charge < -0.3 is 29.9 Å². The highest BCUT2D eigenvalue weighted by atomic mass is 16.5. The van der Waals surface area contributed by atoms with Crippen LogP contribution in [-0.2, 0) is 19.1 Å². The molecule has 9 nitrogen and oxygen atoms in total. The molecule has 0 radical (unpaired) electrons. The number of amides is 2. The third-order valence-corrected chi connectivity index (χ3v) is 6.11. The second kappa shape index (κ2) is 9.60. The number of methoxy groups -OCH3 is 1. The van der Waals surface area contributed by atoms with Gasteiger partial charge in [0, 0.05) is 26.0 Å². The molecule has 1 unspecified atom stereocenters. The van der Waals surface area contributed by atoms with Crippen molar-refractivity contribution >= 4 is 18.0 Å². The number of nitrogens with one attached hydrogen (secondary N) is 1. The van der Waals surface area contributed by atoms with Crippen molar-refractivity contribution in [2.24, 2.45) is 0 Å². The Morgan fingerprint density at radius 1 is 1.09 bits per heavy atom. The highest BCUT2D eigenvalue weighted by Gasteiger charge is 2.41. The van der Waals surface area contributed by atoms with E-state index in [-0.39, 0.29) is 32.1 Å². The van der Waals surface area contributed by atoms with Crippen LogP contribution in [0.4, 0.5) is 4.79 Å². The van der Waals surface area contributed by atoms with Gasteiger partial charge in [0.15, 0.2) is 0 Å². The molecule has 33 heavy (non-hydrogen) atoms. The lowest BCUT2D eigenvalue weighted by Crippen LogP contribution is -2.53. The molecule has 1 saturated heterocycles. The molecular formula is C24H26N2O7. The first-order valence-electron chi connectivity index (χ1n) is 10.7. The van der Waals surface area contributed by atoms with Gasteiger partial charge in [0.25, 0.3) is 0 Å². The van der Waals surface area contributed by atoms with Crippen LogP contribution < -0.4 is 5.32 Å². The first-order chi connectivity index (χ1) is 15.9. The Bertz CT molecular complexity index is 1010.